The minimum Gasteiger partial charge on any atom is -0.448 e. The van der Waals surface area contributed by atoms with Gasteiger partial charge in [-0.05, 0) is 52.0 Å². The third kappa shape index (κ3) is 4.70. The average Bonchev–Trinajstić information content (AvgIpc) is 2.55. The first-order valence-corrected chi connectivity index (χ1v) is 8.45. The van der Waals surface area contributed by atoms with E-state index in [0.717, 1.165) is 0 Å². The minimum atomic E-state index is -1.05. The molecule has 2 aromatic rings. The molecule has 7 nitrogen and oxygen atoms in total. The van der Waals surface area contributed by atoms with Crippen LogP contribution in [0.1, 0.15) is 37.0 Å². The molecule has 0 saturated carbocycles. The predicted octanol–water partition coefficient (Wildman–Crippen LogP) is 2.26. The van der Waals surface area contributed by atoms with Gasteiger partial charge in [0.2, 0.25) is 11.1 Å². The van der Waals surface area contributed by atoms with Crippen LogP contribution in [0.25, 0.3) is 5.69 Å². The van der Waals surface area contributed by atoms with E-state index in [1.807, 2.05) is 0 Å². The first-order valence-electron chi connectivity index (χ1n) is 8.07. The van der Waals surface area contributed by atoms with Crippen molar-refractivity contribution in [2.75, 3.05) is 0 Å². The van der Waals surface area contributed by atoms with Crippen LogP contribution in [0.15, 0.2) is 35.1 Å². The Morgan fingerprint density at radius 3 is 2.38 bits per heavy atom. The number of benzene rings is 1. The molecule has 1 amide bonds. The lowest BCUT2D eigenvalue weighted by atomic mass is 10.2. The molecule has 1 unspecified atom stereocenters. The largest absolute Gasteiger partial charge is 0.448 e. The zero-order chi connectivity index (χ0) is 19.4. The summed E-state index contributed by atoms with van der Waals surface area (Å²) < 4.78 is 6.52. The van der Waals surface area contributed by atoms with Crippen LogP contribution in [0.3, 0.4) is 0 Å². The molecule has 138 valence electrons. The molecule has 0 bridgehead atoms. The number of amides is 1. The molecule has 0 saturated heterocycles. The third-order valence-corrected chi connectivity index (χ3v) is 3.71. The Balaban J connectivity index is 2.30. The number of aryl methyl sites for hydroxylation is 1. The maximum Gasteiger partial charge on any atom is 0.363 e. The molecule has 1 atom stereocenters. The number of halogens is 1. The van der Waals surface area contributed by atoms with Gasteiger partial charge in [-0.2, -0.15) is 5.10 Å². The molecule has 0 aliphatic rings. The van der Waals surface area contributed by atoms with Crippen LogP contribution < -0.4 is 10.7 Å². The number of esters is 1. The molecule has 1 aromatic carbocycles. The predicted molar refractivity (Wildman–Crippen MR) is 97.7 cm³/mol. The van der Waals surface area contributed by atoms with E-state index in [1.165, 1.54) is 17.7 Å². The van der Waals surface area contributed by atoms with E-state index in [1.54, 1.807) is 45.0 Å². The summed E-state index contributed by atoms with van der Waals surface area (Å²) in [5, 5.41) is 7.29. The summed E-state index contributed by atoms with van der Waals surface area (Å²) in [6.45, 7) is 6.70. The van der Waals surface area contributed by atoms with Crippen LogP contribution in [0.5, 0.6) is 0 Å². The fourth-order valence-corrected chi connectivity index (χ4v) is 2.33. The number of carbonyl (C=O) groups is 2. The van der Waals surface area contributed by atoms with Gasteiger partial charge in [0, 0.05) is 22.8 Å². The highest BCUT2D eigenvalue weighted by atomic mass is 35.5. The van der Waals surface area contributed by atoms with Gasteiger partial charge in [0.1, 0.15) is 0 Å². The van der Waals surface area contributed by atoms with Gasteiger partial charge in [-0.1, -0.05) is 11.6 Å². The second kappa shape index (κ2) is 8.14. The number of carbonyl (C=O) groups excluding carboxylic acids is 2. The summed E-state index contributed by atoms with van der Waals surface area (Å²) in [6, 6.07) is 7.96. The maximum absolute atomic E-state index is 12.3. The van der Waals surface area contributed by atoms with E-state index < -0.39 is 29.1 Å². The van der Waals surface area contributed by atoms with Crippen LogP contribution in [0.2, 0.25) is 5.02 Å². The second-order valence-electron chi connectivity index (χ2n) is 6.10. The van der Waals surface area contributed by atoms with E-state index >= 15 is 0 Å². The van der Waals surface area contributed by atoms with Gasteiger partial charge >= 0.3 is 5.97 Å². The Hall–Kier alpha value is -2.67. The Bertz CT molecular complexity index is 875. The standard InChI is InChI=1S/C18H20ClN3O4/c1-10(2)20-17(24)12(4)26-18(25)16-15(23)9-11(3)22(21-16)14-7-5-13(19)6-8-14/h5-10,12H,1-4H3,(H,20,24). The van der Waals surface area contributed by atoms with E-state index in [9.17, 15) is 14.4 Å². The van der Waals surface area contributed by atoms with Crippen molar-refractivity contribution in [3.05, 3.63) is 57.0 Å². The molecule has 8 heteroatoms. The number of hydrogen-bond acceptors (Lipinski definition) is 5. The van der Waals surface area contributed by atoms with Gasteiger partial charge in [0.25, 0.3) is 5.91 Å². The third-order valence-electron chi connectivity index (χ3n) is 3.46. The molecule has 1 aromatic heterocycles. The van der Waals surface area contributed by atoms with Gasteiger partial charge in [-0.25, -0.2) is 9.48 Å². The van der Waals surface area contributed by atoms with Gasteiger partial charge < -0.3 is 10.1 Å². The number of rotatable bonds is 5. The second-order valence-corrected chi connectivity index (χ2v) is 6.53. The lowest BCUT2D eigenvalue weighted by Crippen LogP contribution is -2.40. The molecule has 0 aliphatic carbocycles. The van der Waals surface area contributed by atoms with E-state index in [2.05, 4.69) is 10.4 Å². The monoisotopic (exact) mass is 377 g/mol. The summed E-state index contributed by atoms with van der Waals surface area (Å²) in [4.78, 5) is 36.3. The maximum atomic E-state index is 12.3. The molecule has 0 spiro atoms. The molecule has 0 radical (unpaired) electrons. The first kappa shape index (κ1) is 19.7. The molecular formula is C18H20ClN3O4. The van der Waals surface area contributed by atoms with Gasteiger partial charge in [0.05, 0.1) is 5.69 Å². The van der Waals surface area contributed by atoms with Crippen molar-refractivity contribution < 1.29 is 14.3 Å². The van der Waals surface area contributed by atoms with Crippen LogP contribution in [0.4, 0.5) is 0 Å². The Kier molecular flexibility index (Phi) is 6.15. The summed E-state index contributed by atoms with van der Waals surface area (Å²) >= 11 is 5.88. The lowest BCUT2D eigenvalue weighted by Gasteiger charge is -2.15. The van der Waals surface area contributed by atoms with Gasteiger partial charge in [-0.15, -0.1) is 0 Å². The van der Waals surface area contributed by atoms with Crippen LogP contribution in [-0.4, -0.2) is 33.8 Å². The summed E-state index contributed by atoms with van der Waals surface area (Å²) in [6.07, 6.45) is -1.05. The van der Waals surface area contributed by atoms with Gasteiger partial charge in [0.15, 0.2) is 6.10 Å². The molecule has 2 rings (SSSR count). The highest BCUT2D eigenvalue weighted by Gasteiger charge is 2.23. The van der Waals surface area contributed by atoms with Crippen molar-refractivity contribution in [3.63, 3.8) is 0 Å². The van der Waals surface area contributed by atoms with Crippen molar-refractivity contribution in [1.82, 2.24) is 15.1 Å². The van der Waals surface area contributed by atoms with Crippen molar-refractivity contribution >= 4 is 23.5 Å². The smallest absolute Gasteiger partial charge is 0.363 e. The SMILES string of the molecule is Cc1cc(=O)c(C(=O)OC(C)C(=O)NC(C)C)nn1-c1ccc(Cl)cc1. The molecule has 0 aliphatic heterocycles. The Labute approximate surface area is 155 Å². The number of nitrogens with one attached hydrogen (secondary N) is 1. The van der Waals surface area contributed by atoms with Gasteiger partial charge in [-0.3, -0.25) is 9.59 Å². The van der Waals surface area contributed by atoms with Crippen LogP contribution in [-0.2, 0) is 9.53 Å². The van der Waals surface area contributed by atoms with Crippen molar-refractivity contribution in [1.29, 1.82) is 0 Å². The fourth-order valence-electron chi connectivity index (χ4n) is 2.20. The molecule has 0 fully saturated rings. The zero-order valence-electron chi connectivity index (χ0n) is 14.9. The number of aromatic nitrogens is 2. The molecular weight excluding hydrogens is 358 g/mol. The quantitative estimate of drug-likeness (QED) is 0.807. The average molecular weight is 378 g/mol. The summed E-state index contributed by atoms with van der Waals surface area (Å²) in [5.74, 6) is -1.40. The molecule has 26 heavy (non-hydrogen) atoms. The Morgan fingerprint density at radius 1 is 1.19 bits per heavy atom. The Morgan fingerprint density at radius 2 is 1.81 bits per heavy atom. The topological polar surface area (TPSA) is 90.3 Å². The number of nitrogens with zero attached hydrogens (tertiary/aromatic N) is 2. The van der Waals surface area contributed by atoms with E-state index in [4.69, 9.17) is 16.3 Å². The minimum absolute atomic E-state index is 0.0942. The number of hydrogen-bond donors (Lipinski definition) is 1. The van der Waals surface area contributed by atoms with Crippen LogP contribution >= 0.6 is 11.6 Å². The highest BCUT2D eigenvalue weighted by molar-refractivity contribution is 6.30. The van der Waals surface area contributed by atoms with Crippen molar-refractivity contribution in [3.8, 4) is 5.69 Å². The van der Waals surface area contributed by atoms with Crippen molar-refractivity contribution in [2.24, 2.45) is 0 Å². The molecule has 1 heterocycles. The van der Waals surface area contributed by atoms with Crippen LogP contribution in [0, 0.1) is 6.92 Å². The summed E-state index contributed by atoms with van der Waals surface area (Å²) in [5.41, 5.74) is 0.204. The zero-order valence-corrected chi connectivity index (χ0v) is 15.7. The van der Waals surface area contributed by atoms with E-state index in [-0.39, 0.29) is 6.04 Å². The number of ether oxygens (including phenoxy) is 1. The lowest BCUT2D eigenvalue weighted by molar-refractivity contribution is -0.129. The fraction of sp³-hybridized carbons (Fsp3) is 0.333. The first-order chi connectivity index (χ1) is 12.2. The molecule has 1 N–H and O–H groups in total. The van der Waals surface area contributed by atoms with E-state index in [0.29, 0.717) is 16.4 Å². The highest BCUT2D eigenvalue weighted by Crippen LogP contribution is 2.14. The summed E-state index contributed by atoms with van der Waals surface area (Å²) in [7, 11) is 0. The normalized spacial score (nSPS) is 11.9. The van der Waals surface area contributed by atoms with Crippen molar-refractivity contribution in [2.45, 2.75) is 39.8 Å².